The van der Waals surface area contributed by atoms with Gasteiger partial charge in [-0.3, -0.25) is 9.48 Å². The van der Waals surface area contributed by atoms with Crippen LogP contribution in [0.15, 0.2) is 24.3 Å². The number of ether oxygens (including phenoxy) is 1. The smallest absolute Gasteiger partial charge is 0.387 e. The predicted molar refractivity (Wildman–Crippen MR) is 76.8 cm³/mol. The average molecular weight is 327 g/mol. The summed E-state index contributed by atoms with van der Waals surface area (Å²) in [6.45, 7) is -1.27. The van der Waals surface area contributed by atoms with E-state index in [2.05, 4.69) is 15.2 Å². The van der Waals surface area contributed by atoms with Gasteiger partial charge in [0.1, 0.15) is 17.3 Å². The Hall–Kier alpha value is -2.51. The first-order valence-corrected chi connectivity index (χ1v) is 6.95. The van der Waals surface area contributed by atoms with Crippen LogP contribution in [-0.2, 0) is 20.0 Å². The molecule has 0 saturated carbocycles. The van der Waals surface area contributed by atoms with Crippen LogP contribution in [0.2, 0.25) is 0 Å². The summed E-state index contributed by atoms with van der Waals surface area (Å²) in [6, 6.07) is 4.79. The summed E-state index contributed by atoms with van der Waals surface area (Å²) in [4.78, 5) is 12.1. The van der Waals surface area contributed by atoms with Crippen molar-refractivity contribution < 1.29 is 22.7 Å². The molecular formula is C15H16F3N3O2. The largest absolute Gasteiger partial charge is 0.434 e. The van der Waals surface area contributed by atoms with Crippen LogP contribution in [0.25, 0.3) is 0 Å². The number of carbonyl (C=O) groups is 1. The van der Waals surface area contributed by atoms with Crippen LogP contribution < -0.4 is 10.1 Å². The van der Waals surface area contributed by atoms with Crippen LogP contribution >= 0.6 is 0 Å². The lowest BCUT2D eigenvalue weighted by molar-refractivity contribution is -0.0505. The van der Waals surface area contributed by atoms with E-state index in [1.807, 2.05) is 6.92 Å². The third-order valence-electron chi connectivity index (χ3n) is 3.20. The van der Waals surface area contributed by atoms with Gasteiger partial charge in [-0.2, -0.15) is 13.9 Å². The van der Waals surface area contributed by atoms with Crippen molar-refractivity contribution in [1.29, 1.82) is 0 Å². The van der Waals surface area contributed by atoms with Gasteiger partial charge in [-0.15, -0.1) is 0 Å². The zero-order valence-corrected chi connectivity index (χ0v) is 12.6. The Kier molecular flexibility index (Phi) is 5.25. The van der Waals surface area contributed by atoms with Gasteiger partial charge >= 0.3 is 6.61 Å². The van der Waals surface area contributed by atoms with Crippen molar-refractivity contribution in [2.45, 2.75) is 26.5 Å². The third-order valence-corrected chi connectivity index (χ3v) is 3.20. The van der Waals surface area contributed by atoms with Crippen LogP contribution in [-0.4, -0.2) is 22.3 Å². The summed E-state index contributed by atoms with van der Waals surface area (Å²) in [5.41, 5.74) is 1.20. The maximum atomic E-state index is 13.3. The van der Waals surface area contributed by atoms with Gasteiger partial charge < -0.3 is 10.1 Å². The summed E-state index contributed by atoms with van der Waals surface area (Å²) >= 11 is 0. The maximum Gasteiger partial charge on any atom is 0.387 e. The number of benzene rings is 1. The first-order chi connectivity index (χ1) is 10.9. The molecule has 5 nitrogen and oxygen atoms in total. The van der Waals surface area contributed by atoms with E-state index in [-0.39, 0.29) is 17.9 Å². The topological polar surface area (TPSA) is 56.1 Å². The summed E-state index contributed by atoms with van der Waals surface area (Å²) in [6.07, 6.45) is 0.678. The first-order valence-electron chi connectivity index (χ1n) is 6.95. The van der Waals surface area contributed by atoms with Crippen LogP contribution in [0, 0.1) is 5.82 Å². The molecule has 0 aliphatic carbocycles. The monoisotopic (exact) mass is 327 g/mol. The number of aryl methyl sites for hydroxylation is 2. The van der Waals surface area contributed by atoms with Crippen molar-refractivity contribution >= 4 is 5.91 Å². The zero-order valence-electron chi connectivity index (χ0n) is 12.6. The lowest BCUT2D eigenvalue weighted by Gasteiger charge is -2.11. The molecule has 0 bridgehead atoms. The third kappa shape index (κ3) is 4.24. The second-order valence-corrected chi connectivity index (χ2v) is 4.81. The Morgan fingerprint density at radius 2 is 2.13 bits per heavy atom. The highest BCUT2D eigenvalue weighted by molar-refractivity contribution is 5.92. The molecule has 8 heteroatoms. The molecule has 0 spiro atoms. The maximum absolute atomic E-state index is 13.3. The van der Waals surface area contributed by atoms with Crippen LogP contribution in [0.5, 0.6) is 5.75 Å². The molecule has 0 saturated heterocycles. The molecule has 1 aromatic heterocycles. The fraction of sp³-hybridized carbons (Fsp3) is 0.333. The molecule has 0 atom stereocenters. The molecule has 0 aliphatic heterocycles. The van der Waals surface area contributed by atoms with Gasteiger partial charge in [-0.1, -0.05) is 6.92 Å². The molecule has 0 radical (unpaired) electrons. The lowest BCUT2D eigenvalue weighted by Crippen LogP contribution is -2.25. The van der Waals surface area contributed by atoms with E-state index >= 15 is 0 Å². The van der Waals surface area contributed by atoms with Gasteiger partial charge in [0, 0.05) is 19.2 Å². The molecule has 2 rings (SSSR count). The molecule has 0 aliphatic rings. The Bertz CT molecular complexity index is 701. The molecule has 1 amide bonds. The summed E-state index contributed by atoms with van der Waals surface area (Å²) in [5.74, 6) is -1.22. The zero-order chi connectivity index (χ0) is 17.0. The highest BCUT2D eigenvalue weighted by Gasteiger charge is 2.15. The van der Waals surface area contributed by atoms with E-state index in [0.717, 1.165) is 23.9 Å². The minimum Gasteiger partial charge on any atom is -0.434 e. The quantitative estimate of drug-likeness (QED) is 0.887. The summed E-state index contributed by atoms with van der Waals surface area (Å²) < 4.78 is 43.7. The van der Waals surface area contributed by atoms with Crippen LogP contribution in [0.4, 0.5) is 13.2 Å². The van der Waals surface area contributed by atoms with Crippen molar-refractivity contribution in [2.24, 2.45) is 7.05 Å². The minimum atomic E-state index is -3.03. The Morgan fingerprint density at radius 1 is 1.39 bits per heavy atom. The number of aromatic nitrogens is 2. The predicted octanol–water partition coefficient (Wildman–Crippen LogP) is 2.65. The van der Waals surface area contributed by atoms with E-state index in [1.54, 1.807) is 13.1 Å². The highest BCUT2D eigenvalue weighted by atomic mass is 19.3. The van der Waals surface area contributed by atoms with Crippen molar-refractivity contribution in [2.75, 3.05) is 0 Å². The Labute approximate surface area is 131 Å². The van der Waals surface area contributed by atoms with Gasteiger partial charge in [0.25, 0.3) is 5.91 Å². The van der Waals surface area contributed by atoms with E-state index < -0.39 is 18.3 Å². The van der Waals surface area contributed by atoms with E-state index in [1.165, 1.54) is 4.68 Å². The number of halogens is 3. The first kappa shape index (κ1) is 16.9. The van der Waals surface area contributed by atoms with Crippen molar-refractivity contribution in [3.05, 3.63) is 47.0 Å². The second-order valence-electron chi connectivity index (χ2n) is 4.81. The summed E-state index contributed by atoms with van der Waals surface area (Å²) in [5, 5.41) is 6.69. The number of rotatable bonds is 6. The van der Waals surface area contributed by atoms with Crippen molar-refractivity contribution in [3.8, 4) is 5.75 Å². The van der Waals surface area contributed by atoms with Crippen LogP contribution in [0.1, 0.15) is 28.7 Å². The number of carbonyl (C=O) groups excluding carboxylic acids is 1. The van der Waals surface area contributed by atoms with E-state index in [0.29, 0.717) is 12.1 Å². The van der Waals surface area contributed by atoms with Crippen LogP contribution in [0.3, 0.4) is 0 Å². The molecule has 2 aromatic rings. The molecule has 0 fully saturated rings. The number of hydrogen-bond donors (Lipinski definition) is 1. The molecule has 1 N–H and O–H groups in total. The Balaban J connectivity index is 2.12. The molecular weight excluding hydrogens is 311 g/mol. The minimum absolute atomic E-state index is 0.122. The molecule has 0 unspecified atom stereocenters. The fourth-order valence-electron chi connectivity index (χ4n) is 2.08. The normalized spacial score (nSPS) is 10.9. The number of hydrogen-bond acceptors (Lipinski definition) is 3. The van der Waals surface area contributed by atoms with Gasteiger partial charge in [0.2, 0.25) is 0 Å². The fourth-order valence-corrected chi connectivity index (χ4v) is 2.08. The van der Waals surface area contributed by atoms with Gasteiger partial charge in [0.15, 0.2) is 0 Å². The SMILES string of the molecule is CCc1cc(C(=O)NCc2cc(F)ccc2OC(F)F)n(C)n1. The average Bonchev–Trinajstić information content (AvgIpc) is 2.88. The van der Waals surface area contributed by atoms with E-state index in [9.17, 15) is 18.0 Å². The van der Waals surface area contributed by atoms with E-state index in [4.69, 9.17) is 0 Å². The highest BCUT2D eigenvalue weighted by Crippen LogP contribution is 2.21. The molecule has 23 heavy (non-hydrogen) atoms. The number of alkyl halides is 2. The second kappa shape index (κ2) is 7.17. The standard InChI is InChI=1S/C15H16F3N3O2/c1-3-11-7-12(21(2)20-11)14(22)19-8-9-6-10(16)4-5-13(9)23-15(17)18/h4-7,15H,3,8H2,1-2H3,(H,19,22). The van der Waals surface area contributed by atoms with Gasteiger partial charge in [0.05, 0.1) is 5.69 Å². The lowest BCUT2D eigenvalue weighted by atomic mass is 10.2. The molecule has 1 aromatic carbocycles. The summed E-state index contributed by atoms with van der Waals surface area (Å²) in [7, 11) is 1.63. The van der Waals surface area contributed by atoms with Crippen molar-refractivity contribution in [1.82, 2.24) is 15.1 Å². The number of amides is 1. The number of nitrogens with one attached hydrogen (secondary N) is 1. The molecule has 124 valence electrons. The molecule has 1 heterocycles. The van der Waals surface area contributed by atoms with Gasteiger partial charge in [-0.25, -0.2) is 4.39 Å². The number of nitrogens with zero attached hydrogens (tertiary/aromatic N) is 2. The van der Waals surface area contributed by atoms with Crippen molar-refractivity contribution in [3.63, 3.8) is 0 Å². The Morgan fingerprint density at radius 3 is 2.74 bits per heavy atom. The van der Waals surface area contributed by atoms with Gasteiger partial charge in [-0.05, 0) is 30.7 Å².